The van der Waals surface area contributed by atoms with Crippen LogP contribution < -0.4 is 5.56 Å². The van der Waals surface area contributed by atoms with Crippen molar-refractivity contribution in [2.75, 3.05) is 0 Å². The van der Waals surface area contributed by atoms with E-state index in [1.165, 1.54) is 29.5 Å². The van der Waals surface area contributed by atoms with Crippen molar-refractivity contribution in [3.8, 4) is 0 Å². The molecule has 1 aromatic carbocycles. The number of nitro groups is 1. The molecule has 0 aliphatic heterocycles. The van der Waals surface area contributed by atoms with Crippen molar-refractivity contribution in [2.45, 2.75) is 33.8 Å². The highest BCUT2D eigenvalue weighted by atomic mass is 32.1. The van der Waals surface area contributed by atoms with E-state index in [2.05, 4.69) is 9.97 Å². The first-order valence-electron chi connectivity index (χ1n) is 8.15. The molecule has 0 unspecified atom stereocenters. The highest BCUT2D eigenvalue weighted by Crippen LogP contribution is 2.27. The standard InChI is InChI=1S/C18H17N3O5S/c1-8-5-6-12(7-13(8)21(24)25)18(23)26-10(3)15-19-16(22)14-9(2)11(4)27-17(14)20-15/h5-7,10H,1-4H3,(H,19,20,22)/t10-/m1/s1. The lowest BCUT2D eigenvalue weighted by Gasteiger charge is -2.12. The molecule has 140 valence electrons. The number of thiophene rings is 1. The van der Waals surface area contributed by atoms with E-state index in [4.69, 9.17) is 4.74 Å². The smallest absolute Gasteiger partial charge is 0.339 e. The number of H-pyrrole nitrogens is 1. The number of benzene rings is 1. The molecule has 9 heteroatoms. The molecule has 0 aliphatic carbocycles. The second-order valence-electron chi connectivity index (χ2n) is 6.22. The second kappa shape index (κ2) is 6.92. The molecule has 1 N–H and O–H groups in total. The van der Waals surface area contributed by atoms with Crippen molar-refractivity contribution in [2.24, 2.45) is 0 Å². The Labute approximate surface area is 158 Å². The van der Waals surface area contributed by atoms with Gasteiger partial charge in [0.2, 0.25) is 0 Å². The number of nitro benzene ring substituents is 1. The fraction of sp³-hybridized carbons (Fsp3) is 0.278. The van der Waals surface area contributed by atoms with Crippen LogP contribution in [0.3, 0.4) is 0 Å². The number of carbonyl (C=O) groups excluding carboxylic acids is 1. The minimum Gasteiger partial charge on any atom is -0.451 e. The Bertz CT molecular complexity index is 1130. The lowest BCUT2D eigenvalue weighted by molar-refractivity contribution is -0.385. The number of rotatable bonds is 4. The first kappa shape index (κ1) is 18.7. The van der Waals surface area contributed by atoms with Crippen molar-refractivity contribution >= 4 is 33.2 Å². The minimum absolute atomic E-state index is 0.0605. The van der Waals surface area contributed by atoms with Gasteiger partial charge in [-0.05, 0) is 39.3 Å². The van der Waals surface area contributed by atoms with E-state index in [-0.39, 0.29) is 22.6 Å². The number of aryl methyl sites for hydroxylation is 3. The molecule has 0 radical (unpaired) electrons. The first-order valence-corrected chi connectivity index (χ1v) is 8.96. The van der Waals surface area contributed by atoms with E-state index in [1.807, 2.05) is 13.8 Å². The predicted octanol–water partition coefficient (Wildman–Crippen LogP) is 3.74. The highest BCUT2D eigenvalue weighted by molar-refractivity contribution is 7.18. The quantitative estimate of drug-likeness (QED) is 0.414. The van der Waals surface area contributed by atoms with Gasteiger partial charge in [-0.1, -0.05) is 6.07 Å². The van der Waals surface area contributed by atoms with E-state index in [9.17, 15) is 19.7 Å². The van der Waals surface area contributed by atoms with Crippen molar-refractivity contribution < 1.29 is 14.5 Å². The molecule has 0 fully saturated rings. The minimum atomic E-state index is -0.822. The van der Waals surface area contributed by atoms with Gasteiger partial charge in [-0.2, -0.15) is 0 Å². The second-order valence-corrected chi connectivity index (χ2v) is 7.42. The number of carbonyl (C=O) groups is 1. The molecule has 0 spiro atoms. The van der Waals surface area contributed by atoms with Gasteiger partial charge >= 0.3 is 5.97 Å². The van der Waals surface area contributed by atoms with Gasteiger partial charge in [0, 0.05) is 16.5 Å². The van der Waals surface area contributed by atoms with Crippen LogP contribution in [0.5, 0.6) is 0 Å². The summed E-state index contributed by atoms with van der Waals surface area (Å²) in [7, 11) is 0. The maximum atomic E-state index is 12.4. The first-order chi connectivity index (χ1) is 12.7. The molecular weight excluding hydrogens is 370 g/mol. The summed E-state index contributed by atoms with van der Waals surface area (Å²) in [5.74, 6) is -0.504. The number of hydrogen-bond donors (Lipinski definition) is 1. The molecule has 0 bridgehead atoms. The number of nitrogens with one attached hydrogen (secondary N) is 1. The number of hydrogen-bond acceptors (Lipinski definition) is 7. The van der Waals surface area contributed by atoms with Crippen LogP contribution in [0.15, 0.2) is 23.0 Å². The normalized spacial score (nSPS) is 12.1. The van der Waals surface area contributed by atoms with Crippen LogP contribution in [0.25, 0.3) is 10.2 Å². The average molecular weight is 387 g/mol. The molecule has 1 atom stereocenters. The van der Waals surface area contributed by atoms with Crippen LogP contribution in [0, 0.1) is 30.9 Å². The molecule has 3 aromatic rings. The van der Waals surface area contributed by atoms with E-state index in [1.54, 1.807) is 13.8 Å². The Kier molecular flexibility index (Phi) is 4.79. The van der Waals surface area contributed by atoms with Gasteiger partial charge in [0.25, 0.3) is 11.2 Å². The molecule has 8 nitrogen and oxygen atoms in total. The molecule has 0 amide bonds. The van der Waals surface area contributed by atoms with E-state index >= 15 is 0 Å². The Balaban J connectivity index is 1.89. The summed E-state index contributed by atoms with van der Waals surface area (Å²) < 4.78 is 5.35. The van der Waals surface area contributed by atoms with Crippen LogP contribution in [-0.2, 0) is 4.74 Å². The molecule has 27 heavy (non-hydrogen) atoms. The summed E-state index contributed by atoms with van der Waals surface area (Å²) in [5.41, 5.74) is 0.946. The number of aromatic amines is 1. The molecular formula is C18H17N3O5S. The van der Waals surface area contributed by atoms with E-state index < -0.39 is 17.0 Å². The van der Waals surface area contributed by atoms with Crippen LogP contribution in [0.2, 0.25) is 0 Å². The van der Waals surface area contributed by atoms with Crippen molar-refractivity contribution in [1.82, 2.24) is 9.97 Å². The summed E-state index contributed by atoms with van der Waals surface area (Å²) in [5, 5.41) is 11.6. The van der Waals surface area contributed by atoms with Gasteiger partial charge < -0.3 is 9.72 Å². The molecule has 3 rings (SSSR count). The number of esters is 1. The summed E-state index contributed by atoms with van der Waals surface area (Å²) in [6.45, 7) is 6.94. The van der Waals surface area contributed by atoms with E-state index in [0.717, 1.165) is 10.4 Å². The van der Waals surface area contributed by atoms with Gasteiger partial charge in [-0.15, -0.1) is 11.3 Å². The zero-order valence-corrected chi connectivity index (χ0v) is 16.0. The summed E-state index contributed by atoms with van der Waals surface area (Å²) in [6.07, 6.45) is -0.822. The van der Waals surface area contributed by atoms with Crippen LogP contribution in [0.1, 0.15) is 45.2 Å². The van der Waals surface area contributed by atoms with Gasteiger partial charge in [0.05, 0.1) is 15.9 Å². The SMILES string of the molecule is Cc1ccc(C(=O)O[C@H](C)c2nc3sc(C)c(C)c3c(=O)[nH]2)cc1[N+](=O)[O-]. The summed E-state index contributed by atoms with van der Waals surface area (Å²) in [6, 6.07) is 4.13. The van der Waals surface area contributed by atoms with Gasteiger partial charge in [0.15, 0.2) is 11.9 Å². The zero-order chi connectivity index (χ0) is 19.9. The number of aromatic nitrogens is 2. The van der Waals surface area contributed by atoms with Crippen LogP contribution in [0.4, 0.5) is 5.69 Å². The monoisotopic (exact) mass is 387 g/mol. The number of ether oxygens (including phenoxy) is 1. The maximum Gasteiger partial charge on any atom is 0.339 e. The highest BCUT2D eigenvalue weighted by Gasteiger charge is 2.21. The summed E-state index contributed by atoms with van der Waals surface area (Å²) >= 11 is 1.40. The number of nitrogens with zero attached hydrogens (tertiary/aromatic N) is 2. The van der Waals surface area contributed by atoms with Crippen LogP contribution >= 0.6 is 11.3 Å². The fourth-order valence-corrected chi connectivity index (χ4v) is 3.72. The predicted molar refractivity (Wildman–Crippen MR) is 101 cm³/mol. The third-order valence-electron chi connectivity index (χ3n) is 4.37. The third kappa shape index (κ3) is 3.45. The third-order valence-corrected chi connectivity index (χ3v) is 5.47. The zero-order valence-electron chi connectivity index (χ0n) is 15.2. The maximum absolute atomic E-state index is 12.4. The van der Waals surface area contributed by atoms with Gasteiger partial charge in [0.1, 0.15) is 4.83 Å². The average Bonchev–Trinajstić information content (AvgIpc) is 2.89. The molecule has 2 heterocycles. The van der Waals surface area contributed by atoms with Crippen molar-refractivity contribution in [3.05, 3.63) is 66.1 Å². The van der Waals surface area contributed by atoms with Gasteiger partial charge in [-0.25, -0.2) is 9.78 Å². The van der Waals surface area contributed by atoms with E-state index in [0.29, 0.717) is 15.8 Å². The Morgan fingerprint density at radius 3 is 2.70 bits per heavy atom. The molecule has 0 aliphatic rings. The van der Waals surface area contributed by atoms with Crippen LogP contribution in [-0.4, -0.2) is 20.9 Å². The topological polar surface area (TPSA) is 115 Å². The molecule has 0 saturated carbocycles. The van der Waals surface area contributed by atoms with Crippen molar-refractivity contribution in [1.29, 1.82) is 0 Å². The Morgan fingerprint density at radius 1 is 1.33 bits per heavy atom. The number of fused-ring (bicyclic) bond motifs is 1. The summed E-state index contributed by atoms with van der Waals surface area (Å²) in [4.78, 5) is 43.8. The lowest BCUT2D eigenvalue weighted by Crippen LogP contribution is -2.17. The lowest BCUT2D eigenvalue weighted by atomic mass is 10.1. The van der Waals surface area contributed by atoms with Gasteiger partial charge in [-0.3, -0.25) is 14.9 Å². The Morgan fingerprint density at radius 2 is 2.04 bits per heavy atom. The Hall–Kier alpha value is -3.07. The molecule has 2 aromatic heterocycles. The fourth-order valence-electron chi connectivity index (χ4n) is 2.68. The molecule has 0 saturated heterocycles. The van der Waals surface area contributed by atoms with Crippen molar-refractivity contribution in [3.63, 3.8) is 0 Å². The largest absolute Gasteiger partial charge is 0.451 e.